The highest BCUT2D eigenvalue weighted by molar-refractivity contribution is 6.31. The molecule has 8 heteroatoms. The number of amides is 2. The van der Waals surface area contributed by atoms with Crippen LogP contribution in [0.2, 0.25) is 5.02 Å². The van der Waals surface area contributed by atoms with E-state index in [1.807, 2.05) is 48.5 Å². The molecular weight excluding hydrogens is 468 g/mol. The molecule has 3 aromatic rings. The van der Waals surface area contributed by atoms with E-state index in [1.165, 1.54) is 7.11 Å². The summed E-state index contributed by atoms with van der Waals surface area (Å²) in [6, 6.07) is 20.8. The summed E-state index contributed by atoms with van der Waals surface area (Å²) in [6.07, 6.45) is 0. The number of ether oxygens (including phenoxy) is 3. The Morgan fingerprint density at radius 3 is 2.34 bits per heavy atom. The van der Waals surface area contributed by atoms with Gasteiger partial charge in [0.1, 0.15) is 6.61 Å². The molecule has 1 aliphatic heterocycles. The minimum absolute atomic E-state index is 0.175. The zero-order valence-electron chi connectivity index (χ0n) is 19.3. The van der Waals surface area contributed by atoms with Crippen LogP contribution in [0.15, 0.2) is 78.4 Å². The van der Waals surface area contributed by atoms with Gasteiger partial charge in [-0.25, -0.2) is 9.59 Å². The van der Waals surface area contributed by atoms with Crippen molar-refractivity contribution in [3.05, 3.63) is 100 Å². The van der Waals surface area contributed by atoms with Gasteiger partial charge in [-0.15, -0.1) is 0 Å². The highest BCUT2D eigenvalue weighted by atomic mass is 35.5. The fourth-order valence-corrected chi connectivity index (χ4v) is 4.10. The normalized spacial score (nSPS) is 15.2. The lowest BCUT2D eigenvalue weighted by Gasteiger charge is -2.30. The first kappa shape index (κ1) is 24.2. The molecule has 7 nitrogen and oxygen atoms in total. The number of urea groups is 1. The maximum Gasteiger partial charge on any atom is 0.338 e. The Bertz CT molecular complexity index is 1250. The third-order valence-corrected chi connectivity index (χ3v) is 5.79. The lowest BCUT2D eigenvalue weighted by atomic mass is 9.92. The highest BCUT2D eigenvalue weighted by Crippen LogP contribution is 2.41. The van der Waals surface area contributed by atoms with Crippen molar-refractivity contribution in [1.82, 2.24) is 10.6 Å². The summed E-state index contributed by atoms with van der Waals surface area (Å²) < 4.78 is 16.8. The molecule has 1 atom stereocenters. The van der Waals surface area contributed by atoms with Crippen molar-refractivity contribution in [1.29, 1.82) is 0 Å². The number of halogens is 1. The van der Waals surface area contributed by atoms with Gasteiger partial charge in [-0.3, -0.25) is 0 Å². The van der Waals surface area contributed by atoms with E-state index in [4.69, 9.17) is 25.8 Å². The average molecular weight is 493 g/mol. The fraction of sp³-hybridized carbons (Fsp3) is 0.185. The Kier molecular flexibility index (Phi) is 7.57. The predicted molar refractivity (Wildman–Crippen MR) is 133 cm³/mol. The van der Waals surface area contributed by atoms with Gasteiger partial charge >= 0.3 is 12.0 Å². The third-order valence-electron chi connectivity index (χ3n) is 5.46. The molecular formula is C27H25ClN2O5. The van der Waals surface area contributed by atoms with Crippen molar-refractivity contribution in [3.8, 4) is 11.5 Å². The summed E-state index contributed by atoms with van der Waals surface area (Å²) in [5.74, 6) is 0.288. The molecule has 0 saturated heterocycles. The molecule has 1 heterocycles. The molecule has 4 rings (SSSR count). The zero-order chi connectivity index (χ0) is 24.8. The quantitative estimate of drug-likeness (QED) is 0.419. The Morgan fingerprint density at radius 2 is 1.69 bits per heavy atom. The van der Waals surface area contributed by atoms with E-state index in [1.54, 1.807) is 31.2 Å². The largest absolute Gasteiger partial charge is 0.493 e. The number of rotatable bonds is 8. The zero-order valence-corrected chi connectivity index (χ0v) is 20.1. The van der Waals surface area contributed by atoms with Crippen LogP contribution in [0.3, 0.4) is 0 Å². The van der Waals surface area contributed by atoms with Crippen LogP contribution in [0.4, 0.5) is 4.79 Å². The first-order valence-corrected chi connectivity index (χ1v) is 11.5. The van der Waals surface area contributed by atoms with E-state index in [0.717, 1.165) is 5.56 Å². The predicted octanol–water partition coefficient (Wildman–Crippen LogP) is 5.26. The average Bonchev–Trinajstić information content (AvgIpc) is 2.88. The van der Waals surface area contributed by atoms with Crippen molar-refractivity contribution in [2.24, 2.45) is 0 Å². The molecule has 0 aliphatic carbocycles. The second-order valence-electron chi connectivity index (χ2n) is 7.71. The molecule has 2 amide bonds. The van der Waals surface area contributed by atoms with Crippen LogP contribution in [0.25, 0.3) is 5.70 Å². The van der Waals surface area contributed by atoms with E-state index in [0.29, 0.717) is 40.0 Å². The molecule has 180 valence electrons. The Morgan fingerprint density at radius 1 is 1.00 bits per heavy atom. The first-order valence-electron chi connectivity index (χ1n) is 11.1. The fourth-order valence-electron chi connectivity index (χ4n) is 3.84. The van der Waals surface area contributed by atoms with E-state index in [-0.39, 0.29) is 12.2 Å². The van der Waals surface area contributed by atoms with Crippen LogP contribution < -0.4 is 20.1 Å². The van der Waals surface area contributed by atoms with Crippen molar-refractivity contribution in [2.75, 3.05) is 13.7 Å². The highest BCUT2D eigenvalue weighted by Gasteiger charge is 2.36. The van der Waals surface area contributed by atoms with Crippen LogP contribution >= 0.6 is 11.6 Å². The van der Waals surface area contributed by atoms with E-state index in [9.17, 15) is 9.59 Å². The number of hydrogen-bond donors (Lipinski definition) is 2. The topological polar surface area (TPSA) is 85.9 Å². The molecule has 35 heavy (non-hydrogen) atoms. The number of methoxy groups -OCH3 is 1. The SMILES string of the molecule is CCOC(=O)C1=C(c2ccccc2)NC(=O)N[C@@H]1c1cc(OC)c(OCc2ccccc2)cc1Cl. The maximum absolute atomic E-state index is 13.1. The minimum atomic E-state index is -0.873. The molecule has 0 aromatic heterocycles. The van der Waals surface area contributed by atoms with E-state index in [2.05, 4.69) is 10.6 Å². The van der Waals surface area contributed by atoms with Crippen molar-refractivity contribution >= 4 is 29.3 Å². The van der Waals surface area contributed by atoms with Gasteiger partial charge in [0, 0.05) is 11.6 Å². The molecule has 1 aliphatic rings. The third kappa shape index (κ3) is 5.41. The smallest absolute Gasteiger partial charge is 0.338 e. The number of hydrogen-bond acceptors (Lipinski definition) is 5. The summed E-state index contributed by atoms with van der Waals surface area (Å²) >= 11 is 6.68. The number of benzene rings is 3. The van der Waals surface area contributed by atoms with Crippen LogP contribution in [0, 0.1) is 0 Å². The summed E-state index contributed by atoms with van der Waals surface area (Å²) in [5, 5.41) is 5.85. The standard InChI is InChI=1S/C27H25ClN2O5/c1-3-34-26(31)23-24(18-12-8-5-9-13-18)29-27(32)30-25(23)19-14-21(33-2)22(15-20(19)28)35-16-17-10-6-4-7-11-17/h4-15,25H,3,16H2,1-2H3,(H2,29,30,32)/t25-/m1/s1. The second-order valence-corrected chi connectivity index (χ2v) is 8.11. The lowest BCUT2D eigenvalue weighted by Crippen LogP contribution is -2.45. The van der Waals surface area contributed by atoms with Gasteiger partial charge < -0.3 is 24.8 Å². The molecule has 0 saturated carbocycles. The summed E-state index contributed by atoms with van der Waals surface area (Å²) in [4.78, 5) is 25.7. The molecule has 0 radical (unpaired) electrons. The molecule has 0 unspecified atom stereocenters. The molecule has 0 bridgehead atoms. The van der Waals surface area contributed by atoms with Gasteiger partial charge in [-0.1, -0.05) is 72.3 Å². The second kappa shape index (κ2) is 11.0. The van der Waals surface area contributed by atoms with Crippen LogP contribution in [-0.4, -0.2) is 25.7 Å². The number of nitrogens with one attached hydrogen (secondary N) is 2. The van der Waals surface area contributed by atoms with Gasteiger partial charge in [0.15, 0.2) is 11.5 Å². The van der Waals surface area contributed by atoms with Gasteiger partial charge in [0.05, 0.1) is 36.1 Å². The lowest BCUT2D eigenvalue weighted by molar-refractivity contribution is -0.138. The van der Waals surface area contributed by atoms with Crippen LogP contribution in [-0.2, 0) is 16.1 Å². The molecule has 3 aromatic carbocycles. The number of carbonyl (C=O) groups excluding carboxylic acids is 2. The van der Waals surface area contributed by atoms with Gasteiger partial charge in [-0.2, -0.15) is 0 Å². The Balaban J connectivity index is 1.77. The van der Waals surface area contributed by atoms with Gasteiger partial charge in [-0.05, 0) is 24.1 Å². The number of esters is 1. The first-order chi connectivity index (χ1) is 17.0. The summed E-state index contributed by atoms with van der Waals surface area (Å²) in [7, 11) is 1.51. The van der Waals surface area contributed by atoms with Crippen LogP contribution in [0.5, 0.6) is 11.5 Å². The number of carbonyl (C=O) groups is 2. The summed E-state index contributed by atoms with van der Waals surface area (Å²) in [5.41, 5.74) is 2.72. The van der Waals surface area contributed by atoms with Crippen molar-refractivity contribution < 1.29 is 23.8 Å². The van der Waals surface area contributed by atoms with Crippen LogP contribution in [0.1, 0.15) is 29.7 Å². The van der Waals surface area contributed by atoms with Crippen molar-refractivity contribution in [2.45, 2.75) is 19.6 Å². The Labute approximate surface area is 208 Å². The van der Waals surface area contributed by atoms with Gasteiger partial charge in [0.25, 0.3) is 0 Å². The van der Waals surface area contributed by atoms with E-state index >= 15 is 0 Å². The minimum Gasteiger partial charge on any atom is -0.493 e. The molecule has 2 N–H and O–H groups in total. The Hall–Kier alpha value is -3.97. The van der Waals surface area contributed by atoms with Gasteiger partial charge in [0.2, 0.25) is 0 Å². The van der Waals surface area contributed by atoms with Crippen molar-refractivity contribution in [3.63, 3.8) is 0 Å². The monoisotopic (exact) mass is 492 g/mol. The maximum atomic E-state index is 13.1. The van der Waals surface area contributed by atoms with E-state index < -0.39 is 18.0 Å². The molecule has 0 spiro atoms. The summed E-state index contributed by atoms with van der Waals surface area (Å²) in [6.45, 7) is 2.22. The molecule has 0 fully saturated rings.